The van der Waals surface area contributed by atoms with E-state index in [1.807, 2.05) is 0 Å². The molecule has 1 heterocycles. The van der Waals surface area contributed by atoms with E-state index >= 15 is 0 Å². The first-order valence-corrected chi connectivity index (χ1v) is 5.91. The largest absolute Gasteiger partial charge is 0.381 e. The normalized spacial score (nSPS) is 18.5. The monoisotopic (exact) mass is 243 g/mol. The highest BCUT2D eigenvalue weighted by atomic mass is 16.5. The zero-order chi connectivity index (χ0) is 12.7. The summed E-state index contributed by atoms with van der Waals surface area (Å²) in [5.74, 6) is -1.21. The molecule has 0 radical (unpaired) electrons. The van der Waals surface area contributed by atoms with Crippen molar-refractivity contribution in [2.24, 2.45) is 11.1 Å². The zero-order valence-corrected chi connectivity index (χ0v) is 10.3. The highest BCUT2D eigenvalue weighted by Crippen LogP contribution is 2.28. The Morgan fingerprint density at radius 3 is 2.41 bits per heavy atom. The molecule has 1 aliphatic heterocycles. The summed E-state index contributed by atoms with van der Waals surface area (Å²) < 4.78 is 5.27. The van der Waals surface area contributed by atoms with Gasteiger partial charge < -0.3 is 21.1 Å². The predicted molar refractivity (Wildman–Crippen MR) is 63.2 cm³/mol. The van der Waals surface area contributed by atoms with Crippen LogP contribution in [0.4, 0.5) is 0 Å². The summed E-state index contributed by atoms with van der Waals surface area (Å²) >= 11 is 0. The fourth-order valence-corrected chi connectivity index (χ4v) is 1.68. The predicted octanol–water partition coefficient (Wildman–Crippen LogP) is -1.01. The molecule has 0 spiro atoms. The number of hydrogen-bond donors (Lipinski definition) is 3. The summed E-state index contributed by atoms with van der Waals surface area (Å²) in [5, 5.41) is 5.09. The van der Waals surface area contributed by atoms with Gasteiger partial charge in [-0.2, -0.15) is 0 Å². The average Bonchev–Trinajstić information content (AvgIpc) is 2.34. The lowest BCUT2D eigenvalue weighted by Gasteiger charge is -2.33. The Hall–Kier alpha value is -1.14. The molecule has 6 heteroatoms. The van der Waals surface area contributed by atoms with Crippen molar-refractivity contribution < 1.29 is 14.3 Å². The molecule has 0 aliphatic carbocycles. The van der Waals surface area contributed by atoms with Crippen molar-refractivity contribution in [3.63, 3.8) is 0 Å². The second-order valence-electron chi connectivity index (χ2n) is 4.65. The van der Waals surface area contributed by atoms with Crippen molar-refractivity contribution in [2.75, 3.05) is 32.8 Å². The van der Waals surface area contributed by atoms with E-state index in [4.69, 9.17) is 10.5 Å². The molecule has 6 nitrogen and oxygen atoms in total. The number of hydrogen-bond acceptors (Lipinski definition) is 4. The summed E-state index contributed by atoms with van der Waals surface area (Å²) in [7, 11) is 0. The molecular weight excluding hydrogens is 222 g/mol. The van der Waals surface area contributed by atoms with Gasteiger partial charge >= 0.3 is 11.8 Å². The van der Waals surface area contributed by atoms with Gasteiger partial charge in [0.25, 0.3) is 0 Å². The summed E-state index contributed by atoms with van der Waals surface area (Å²) in [5.41, 5.74) is 5.26. The lowest BCUT2D eigenvalue weighted by molar-refractivity contribution is -0.139. The number of nitrogens with one attached hydrogen (secondary N) is 2. The summed E-state index contributed by atoms with van der Waals surface area (Å²) in [4.78, 5) is 22.7. The highest BCUT2D eigenvalue weighted by molar-refractivity contribution is 6.35. The van der Waals surface area contributed by atoms with Crippen molar-refractivity contribution in [2.45, 2.75) is 19.8 Å². The Morgan fingerprint density at radius 1 is 1.24 bits per heavy atom. The molecule has 0 unspecified atom stereocenters. The number of nitrogens with two attached hydrogens (primary N) is 1. The van der Waals surface area contributed by atoms with Gasteiger partial charge in [-0.3, -0.25) is 9.59 Å². The van der Waals surface area contributed by atoms with E-state index in [0.717, 1.165) is 12.8 Å². The fraction of sp³-hybridized carbons (Fsp3) is 0.818. The number of carbonyl (C=O) groups excluding carboxylic acids is 2. The van der Waals surface area contributed by atoms with Gasteiger partial charge in [0.1, 0.15) is 0 Å². The molecule has 0 bridgehead atoms. The van der Waals surface area contributed by atoms with Gasteiger partial charge in [0.2, 0.25) is 0 Å². The fourth-order valence-electron chi connectivity index (χ4n) is 1.68. The first-order chi connectivity index (χ1) is 8.07. The minimum Gasteiger partial charge on any atom is -0.381 e. The van der Waals surface area contributed by atoms with Crippen molar-refractivity contribution in [1.29, 1.82) is 0 Å². The van der Waals surface area contributed by atoms with E-state index in [1.54, 1.807) is 0 Å². The summed E-state index contributed by atoms with van der Waals surface area (Å²) in [6.45, 7) is 4.67. The highest BCUT2D eigenvalue weighted by Gasteiger charge is 2.28. The van der Waals surface area contributed by atoms with Crippen molar-refractivity contribution in [3.05, 3.63) is 0 Å². The Bertz CT molecular complexity index is 275. The van der Waals surface area contributed by atoms with Crippen LogP contribution in [0.2, 0.25) is 0 Å². The maximum absolute atomic E-state index is 11.4. The van der Waals surface area contributed by atoms with Crippen LogP contribution in [0.5, 0.6) is 0 Å². The molecule has 0 atom stereocenters. The maximum atomic E-state index is 11.4. The molecule has 1 fully saturated rings. The van der Waals surface area contributed by atoms with Gasteiger partial charge in [0.15, 0.2) is 0 Å². The third-order valence-corrected chi connectivity index (χ3v) is 3.01. The molecule has 1 aliphatic rings. The van der Waals surface area contributed by atoms with E-state index < -0.39 is 11.8 Å². The number of amides is 2. The smallest absolute Gasteiger partial charge is 0.309 e. The van der Waals surface area contributed by atoms with E-state index in [0.29, 0.717) is 32.8 Å². The molecule has 1 rings (SSSR count). The van der Waals surface area contributed by atoms with Crippen LogP contribution in [0.1, 0.15) is 19.8 Å². The van der Waals surface area contributed by atoms with E-state index in [-0.39, 0.29) is 5.41 Å². The Kier molecular flexibility index (Phi) is 5.37. The lowest BCUT2D eigenvalue weighted by atomic mass is 9.82. The van der Waals surface area contributed by atoms with Gasteiger partial charge in [-0.15, -0.1) is 0 Å². The van der Waals surface area contributed by atoms with Crippen LogP contribution in [-0.4, -0.2) is 44.7 Å². The number of ether oxygens (including phenoxy) is 1. The minimum atomic E-state index is -0.619. The van der Waals surface area contributed by atoms with Crippen LogP contribution in [0.3, 0.4) is 0 Å². The first kappa shape index (κ1) is 13.9. The Balaban J connectivity index is 2.29. The SMILES string of the molecule is CC1(CNC(=O)C(=O)NCCN)CCOCC1. The third-order valence-electron chi connectivity index (χ3n) is 3.01. The second-order valence-corrected chi connectivity index (χ2v) is 4.65. The third kappa shape index (κ3) is 4.70. The molecule has 17 heavy (non-hydrogen) atoms. The quantitative estimate of drug-likeness (QED) is 0.552. The van der Waals surface area contributed by atoms with Crippen LogP contribution in [0.15, 0.2) is 0 Å². The summed E-state index contributed by atoms with van der Waals surface area (Å²) in [6, 6.07) is 0. The van der Waals surface area contributed by atoms with Crippen molar-refractivity contribution in [3.8, 4) is 0 Å². The van der Waals surface area contributed by atoms with Crippen LogP contribution in [0.25, 0.3) is 0 Å². The van der Waals surface area contributed by atoms with Gasteiger partial charge in [0, 0.05) is 32.8 Å². The topological polar surface area (TPSA) is 93.5 Å². The van der Waals surface area contributed by atoms with E-state index in [9.17, 15) is 9.59 Å². The number of rotatable bonds is 4. The molecule has 98 valence electrons. The van der Waals surface area contributed by atoms with Crippen LogP contribution < -0.4 is 16.4 Å². The first-order valence-electron chi connectivity index (χ1n) is 5.91. The van der Waals surface area contributed by atoms with Crippen LogP contribution in [0, 0.1) is 5.41 Å². The maximum Gasteiger partial charge on any atom is 0.309 e. The number of carbonyl (C=O) groups is 2. The molecule has 0 saturated carbocycles. The lowest BCUT2D eigenvalue weighted by Crippen LogP contribution is -2.46. The molecule has 0 aromatic rings. The molecule has 2 amide bonds. The van der Waals surface area contributed by atoms with Crippen LogP contribution in [-0.2, 0) is 14.3 Å². The average molecular weight is 243 g/mol. The standard InChI is InChI=1S/C11H21N3O3/c1-11(2-6-17-7-3-11)8-14-10(16)9(15)13-5-4-12/h2-8,12H2,1H3,(H,13,15)(H,14,16). The Labute approximate surface area is 101 Å². The van der Waals surface area contributed by atoms with Gasteiger partial charge in [-0.25, -0.2) is 0 Å². The molecule has 0 aromatic heterocycles. The van der Waals surface area contributed by atoms with Crippen molar-refractivity contribution >= 4 is 11.8 Å². The zero-order valence-electron chi connectivity index (χ0n) is 10.3. The van der Waals surface area contributed by atoms with E-state index in [1.165, 1.54) is 0 Å². The Morgan fingerprint density at radius 2 is 1.82 bits per heavy atom. The van der Waals surface area contributed by atoms with Gasteiger partial charge in [0.05, 0.1) is 0 Å². The molecule has 4 N–H and O–H groups in total. The van der Waals surface area contributed by atoms with Gasteiger partial charge in [-0.1, -0.05) is 6.92 Å². The second kappa shape index (κ2) is 6.56. The minimum absolute atomic E-state index is 0.0298. The van der Waals surface area contributed by atoms with E-state index in [2.05, 4.69) is 17.6 Å². The molecule has 1 saturated heterocycles. The van der Waals surface area contributed by atoms with Gasteiger partial charge in [-0.05, 0) is 18.3 Å². The molecular formula is C11H21N3O3. The summed E-state index contributed by atoms with van der Waals surface area (Å²) in [6.07, 6.45) is 1.80. The van der Waals surface area contributed by atoms with Crippen LogP contribution >= 0.6 is 0 Å². The van der Waals surface area contributed by atoms with Crippen molar-refractivity contribution in [1.82, 2.24) is 10.6 Å². The molecule has 0 aromatic carbocycles.